The number of carbonyl (C=O) groups is 1. The zero-order valence-corrected chi connectivity index (χ0v) is 14.4. The Morgan fingerprint density at radius 3 is 2.71 bits per heavy atom. The van der Waals surface area contributed by atoms with Gasteiger partial charge < -0.3 is 14.4 Å². The van der Waals surface area contributed by atoms with Crippen LogP contribution in [-0.4, -0.2) is 43.2 Å². The summed E-state index contributed by atoms with van der Waals surface area (Å²) in [6, 6.07) is 1.46. The van der Waals surface area contributed by atoms with E-state index in [9.17, 15) is 19.0 Å². The van der Waals surface area contributed by atoms with Gasteiger partial charge in [0.05, 0.1) is 13.2 Å². The molecular formula is C15H22N2O6S. The summed E-state index contributed by atoms with van der Waals surface area (Å²) in [4.78, 5) is 13.0. The van der Waals surface area contributed by atoms with E-state index in [1.54, 1.807) is 6.08 Å². The largest absolute Gasteiger partial charge is 0.383 e. The van der Waals surface area contributed by atoms with Gasteiger partial charge >= 0.3 is 0 Å². The van der Waals surface area contributed by atoms with E-state index in [4.69, 9.17) is 9.26 Å². The number of hydrogen-bond donors (Lipinski definition) is 4. The molecule has 4 N–H and O–H groups in total. The molecule has 1 saturated carbocycles. The lowest BCUT2D eigenvalue weighted by molar-refractivity contribution is -0.118. The van der Waals surface area contributed by atoms with Gasteiger partial charge in [-0.3, -0.25) is 19.2 Å². The van der Waals surface area contributed by atoms with Gasteiger partial charge in [0.2, 0.25) is 5.88 Å². The second-order valence-electron chi connectivity index (χ2n) is 6.62. The highest BCUT2D eigenvalue weighted by Gasteiger charge is 2.46. The lowest BCUT2D eigenvalue weighted by Gasteiger charge is -2.47. The van der Waals surface area contributed by atoms with Crippen molar-refractivity contribution in [3.05, 3.63) is 22.7 Å². The molecule has 24 heavy (non-hydrogen) atoms. The van der Waals surface area contributed by atoms with Crippen molar-refractivity contribution >= 4 is 22.4 Å². The van der Waals surface area contributed by atoms with Gasteiger partial charge in [-0.15, -0.1) is 0 Å². The van der Waals surface area contributed by atoms with E-state index in [2.05, 4.69) is 10.5 Å². The summed E-state index contributed by atoms with van der Waals surface area (Å²) in [6.07, 6.45) is 3.20. The van der Waals surface area contributed by atoms with Crippen LogP contribution in [0.3, 0.4) is 0 Å². The van der Waals surface area contributed by atoms with E-state index in [0.29, 0.717) is 43.1 Å². The molecule has 0 unspecified atom stereocenters. The van der Waals surface area contributed by atoms with Gasteiger partial charge in [-0.2, -0.15) is 10.6 Å². The summed E-state index contributed by atoms with van der Waals surface area (Å²) in [7, 11) is -3.33. The number of hydrogen-bond acceptors (Lipinski definition) is 7. The van der Waals surface area contributed by atoms with Gasteiger partial charge in [-0.1, -0.05) is 5.16 Å². The predicted molar refractivity (Wildman–Crippen MR) is 88.7 cm³/mol. The number of amides is 1. The Labute approximate surface area is 141 Å². The molecule has 0 atom stereocenters. The monoisotopic (exact) mass is 358 g/mol. The van der Waals surface area contributed by atoms with Crippen molar-refractivity contribution in [1.82, 2.24) is 5.16 Å². The molecule has 1 amide bonds. The molecule has 1 aliphatic heterocycles. The second kappa shape index (κ2) is 5.85. The molecule has 9 heteroatoms. The topological polar surface area (TPSA) is 125 Å². The van der Waals surface area contributed by atoms with Gasteiger partial charge in [-0.05, 0) is 32.8 Å². The van der Waals surface area contributed by atoms with Crippen molar-refractivity contribution in [1.29, 1.82) is 0 Å². The van der Waals surface area contributed by atoms with Crippen molar-refractivity contribution in [3.63, 3.8) is 0 Å². The van der Waals surface area contributed by atoms with Crippen LogP contribution in [0, 0.1) is 0 Å². The Hall–Kier alpha value is -1.39. The van der Waals surface area contributed by atoms with Crippen LogP contribution in [0.1, 0.15) is 38.8 Å². The number of aliphatic hydroxyl groups is 1. The number of carbonyl (C=O) groups excluding carboxylic acids is 1. The zero-order valence-electron chi connectivity index (χ0n) is 13.6. The van der Waals surface area contributed by atoms with Crippen molar-refractivity contribution in [2.45, 2.75) is 43.5 Å². The molecule has 0 saturated heterocycles. The number of nitrogens with one attached hydrogen (secondary N) is 1. The molecule has 1 aliphatic carbocycles. The molecule has 0 radical (unpaired) electrons. The smallest absolute Gasteiger partial charge is 0.252 e. The summed E-state index contributed by atoms with van der Waals surface area (Å²) in [5.74, 6) is -0.528. The minimum Gasteiger partial charge on any atom is -0.383 e. The number of ether oxygens (including phenoxy) is 1. The fraction of sp³-hybridized carbons (Fsp3) is 0.600. The molecule has 8 nitrogen and oxygen atoms in total. The van der Waals surface area contributed by atoms with Crippen LogP contribution in [0.2, 0.25) is 0 Å². The summed E-state index contributed by atoms with van der Waals surface area (Å²) in [5, 5.41) is 16.2. The molecule has 134 valence electrons. The average molecular weight is 358 g/mol. The van der Waals surface area contributed by atoms with Gasteiger partial charge in [0.25, 0.3) is 5.91 Å². The van der Waals surface area contributed by atoms with Crippen LogP contribution in [-0.2, 0) is 15.1 Å². The van der Waals surface area contributed by atoms with Crippen LogP contribution >= 0.6 is 10.6 Å². The molecule has 0 aromatic carbocycles. The standard InChI is InChI=1S/C15H22N2O6S/c1-14(2,24(20,21)10-3-7-22-8-4-10)13(18)16-12-9-11(17-23-12)15(19)5-6-15/h3,9,19-21H,4-8H2,1-2H3,(H,16,18). The highest BCUT2D eigenvalue weighted by Crippen LogP contribution is 2.60. The molecule has 1 aromatic rings. The first-order valence-corrected chi connectivity index (χ1v) is 9.27. The normalized spacial score (nSPS) is 21.1. The van der Waals surface area contributed by atoms with Crippen molar-refractivity contribution in [3.8, 4) is 0 Å². The van der Waals surface area contributed by atoms with Crippen molar-refractivity contribution in [2.75, 3.05) is 18.5 Å². The fourth-order valence-corrected chi connectivity index (χ4v) is 4.05. The van der Waals surface area contributed by atoms with E-state index < -0.39 is 26.8 Å². The van der Waals surface area contributed by atoms with E-state index >= 15 is 0 Å². The van der Waals surface area contributed by atoms with Gasteiger partial charge in [0, 0.05) is 17.4 Å². The number of anilines is 1. The maximum atomic E-state index is 12.6. The summed E-state index contributed by atoms with van der Waals surface area (Å²) >= 11 is 0. The molecule has 2 heterocycles. The maximum Gasteiger partial charge on any atom is 0.252 e. The third-order valence-corrected chi connectivity index (χ3v) is 7.20. The minimum atomic E-state index is -3.33. The fourth-order valence-electron chi connectivity index (χ4n) is 2.42. The van der Waals surface area contributed by atoms with Crippen LogP contribution in [0.15, 0.2) is 21.6 Å². The zero-order chi connectivity index (χ0) is 17.6. The second-order valence-corrected chi connectivity index (χ2v) is 9.26. The quantitative estimate of drug-likeness (QED) is 0.637. The first-order valence-electron chi connectivity index (χ1n) is 7.72. The highest BCUT2D eigenvalue weighted by atomic mass is 32.3. The molecule has 0 spiro atoms. The highest BCUT2D eigenvalue weighted by molar-refractivity contribution is 8.29. The summed E-state index contributed by atoms with van der Waals surface area (Å²) < 4.78 is 30.0. The van der Waals surface area contributed by atoms with E-state index in [1.807, 2.05) is 0 Å². The van der Waals surface area contributed by atoms with Crippen LogP contribution in [0.5, 0.6) is 0 Å². The van der Waals surface area contributed by atoms with E-state index in [-0.39, 0.29) is 5.88 Å². The summed E-state index contributed by atoms with van der Waals surface area (Å²) in [5.41, 5.74) is -0.591. The molecular weight excluding hydrogens is 336 g/mol. The van der Waals surface area contributed by atoms with Crippen molar-refractivity contribution < 1.29 is 28.3 Å². The van der Waals surface area contributed by atoms with Crippen LogP contribution in [0.25, 0.3) is 0 Å². The molecule has 1 aromatic heterocycles. The Kier molecular flexibility index (Phi) is 4.25. The van der Waals surface area contributed by atoms with Gasteiger partial charge in [-0.25, -0.2) is 0 Å². The SMILES string of the molecule is CC(C)(C(=O)Nc1cc(C2(O)CC2)no1)S(O)(O)C1=CCOCC1. The van der Waals surface area contributed by atoms with E-state index in [0.717, 1.165) is 0 Å². The number of nitrogens with zero attached hydrogens (tertiary/aromatic N) is 1. The third kappa shape index (κ3) is 2.98. The Morgan fingerprint density at radius 2 is 2.12 bits per heavy atom. The van der Waals surface area contributed by atoms with Gasteiger partial charge in [0.15, 0.2) is 0 Å². The average Bonchev–Trinajstić information content (AvgIpc) is 3.12. The lowest BCUT2D eigenvalue weighted by Crippen LogP contribution is -2.42. The predicted octanol–water partition coefficient (Wildman–Crippen LogP) is 2.43. The molecule has 0 bridgehead atoms. The molecule has 1 fully saturated rings. The molecule has 2 aliphatic rings. The lowest BCUT2D eigenvalue weighted by atomic mass is 10.2. The van der Waals surface area contributed by atoms with Gasteiger partial charge in [0.1, 0.15) is 16.0 Å². The maximum absolute atomic E-state index is 12.6. The third-order valence-electron chi connectivity index (χ3n) is 4.49. The minimum absolute atomic E-state index is 0.0690. The van der Waals surface area contributed by atoms with E-state index in [1.165, 1.54) is 19.9 Å². The molecule has 3 rings (SSSR count). The Bertz CT molecular complexity index is 677. The van der Waals surface area contributed by atoms with Crippen molar-refractivity contribution in [2.24, 2.45) is 0 Å². The van der Waals surface area contributed by atoms with Crippen LogP contribution < -0.4 is 5.32 Å². The Morgan fingerprint density at radius 1 is 1.42 bits per heavy atom. The first-order chi connectivity index (χ1) is 11.2. The van der Waals surface area contributed by atoms with Crippen LogP contribution in [0.4, 0.5) is 5.88 Å². The summed E-state index contributed by atoms with van der Waals surface area (Å²) in [6.45, 7) is 3.63. The number of aromatic nitrogens is 1. The Balaban J connectivity index is 1.75. The first kappa shape index (κ1) is 17.4. The number of rotatable bonds is 5.